The largest absolute Gasteiger partial charge is 0.478 e. The lowest BCUT2D eigenvalue weighted by Crippen LogP contribution is -2.35. The Morgan fingerprint density at radius 2 is 1.79 bits per heavy atom. The molecule has 24 heavy (non-hydrogen) atoms. The number of pyridine rings is 1. The summed E-state index contributed by atoms with van der Waals surface area (Å²) < 4.78 is 5.40. The number of esters is 1. The quantitative estimate of drug-likeness (QED) is 0.807. The first-order valence-electron chi connectivity index (χ1n) is 7.80. The van der Waals surface area contributed by atoms with Crippen LogP contribution in [0.2, 0.25) is 0 Å². The Morgan fingerprint density at radius 3 is 2.33 bits per heavy atom. The monoisotopic (exact) mass is 330 g/mol. The summed E-state index contributed by atoms with van der Waals surface area (Å²) in [5.74, 6) is -2.08. The highest BCUT2D eigenvalue weighted by molar-refractivity contribution is 5.97. The average Bonchev–Trinajstić information content (AvgIpc) is 2.52. The maximum Gasteiger partial charge on any atom is 0.336 e. The van der Waals surface area contributed by atoms with Gasteiger partial charge in [0.2, 0.25) is 0 Å². The van der Waals surface area contributed by atoms with Crippen LogP contribution in [0, 0.1) is 11.8 Å². The van der Waals surface area contributed by atoms with Gasteiger partial charge >= 0.3 is 11.9 Å². The molecule has 0 aliphatic carbocycles. The van der Waals surface area contributed by atoms with Crippen LogP contribution in [0.15, 0.2) is 47.1 Å². The van der Waals surface area contributed by atoms with E-state index in [4.69, 9.17) is 4.74 Å². The Kier molecular flexibility index (Phi) is 5.39. The van der Waals surface area contributed by atoms with Crippen molar-refractivity contribution in [1.29, 1.82) is 0 Å². The van der Waals surface area contributed by atoms with Crippen LogP contribution in [0.5, 0.6) is 0 Å². The molecule has 0 bridgehead atoms. The SMILES string of the molecule is CC1=C(C(=O)O)C(C(C)C)C(C(=O)OCc2ccncc2)=C(C)N1. The Labute approximate surface area is 141 Å². The lowest BCUT2D eigenvalue weighted by Gasteiger charge is -2.31. The van der Waals surface area contributed by atoms with Crippen LogP contribution in [0.25, 0.3) is 0 Å². The van der Waals surface area contributed by atoms with Crippen molar-refractivity contribution < 1.29 is 19.4 Å². The number of rotatable bonds is 5. The summed E-state index contributed by atoms with van der Waals surface area (Å²) in [5.41, 5.74) is 2.61. The van der Waals surface area contributed by atoms with E-state index in [9.17, 15) is 14.7 Å². The fraction of sp³-hybridized carbons (Fsp3) is 0.389. The predicted octanol–water partition coefficient (Wildman–Crippen LogP) is 2.63. The highest BCUT2D eigenvalue weighted by atomic mass is 16.5. The van der Waals surface area contributed by atoms with Gasteiger partial charge in [0.15, 0.2) is 0 Å². The molecule has 0 amide bonds. The van der Waals surface area contributed by atoms with Gasteiger partial charge < -0.3 is 15.2 Å². The van der Waals surface area contributed by atoms with Crippen LogP contribution in [-0.4, -0.2) is 22.0 Å². The number of carbonyl (C=O) groups excluding carboxylic acids is 1. The van der Waals surface area contributed by atoms with E-state index >= 15 is 0 Å². The zero-order valence-corrected chi connectivity index (χ0v) is 14.3. The van der Waals surface area contributed by atoms with Gasteiger partial charge in [0.05, 0.1) is 11.1 Å². The van der Waals surface area contributed by atoms with E-state index in [-0.39, 0.29) is 18.1 Å². The van der Waals surface area contributed by atoms with Gasteiger partial charge in [0.25, 0.3) is 0 Å². The number of nitrogens with zero attached hydrogens (tertiary/aromatic N) is 1. The lowest BCUT2D eigenvalue weighted by atomic mass is 9.78. The molecule has 128 valence electrons. The standard InChI is InChI=1S/C18H22N2O4/c1-10(2)14-15(17(21)22)11(3)20-12(4)16(14)18(23)24-9-13-5-7-19-8-6-13/h5-8,10,14,20H,9H2,1-4H3,(H,21,22). The molecule has 2 rings (SSSR count). The number of carbonyl (C=O) groups is 2. The van der Waals surface area contributed by atoms with E-state index in [1.165, 1.54) is 0 Å². The minimum absolute atomic E-state index is 0.0495. The molecule has 0 spiro atoms. The average molecular weight is 330 g/mol. The topological polar surface area (TPSA) is 88.5 Å². The minimum atomic E-state index is -1.02. The number of dihydropyridines is 1. The van der Waals surface area contributed by atoms with Crippen LogP contribution in [0.4, 0.5) is 0 Å². The summed E-state index contributed by atoms with van der Waals surface area (Å²) in [6.07, 6.45) is 3.25. The number of carboxylic acid groups (broad SMARTS) is 1. The molecule has 6 nitrogen and oxygen atoms in total. The number of hydrogen-bond acceptors (Lipinski definition) is 5. The van der Waals surface area contributed by atoms with Gasteiger partial charge in [0, 0.05) is 29.7 Å². The molecule has 1 aliphatic rings. The Morgan fingerprint density at radius 1 is 1.21 bits per heavy atom. The normalized spacial score (nSPS) is 17.8. The van der Waals surface area contributed by atoms with Crippen LogP contribution in [-0.2, 0) is 20.9 Å². The third-order valence-corrected chi connectivity index (χ3v) is 4.04. The van der Waals surface area contributed by atoms with E-state index in [2.05, 4.69) is 10.3 Å². The fourth-order valence-electron chi connectivity index (χ4n) is 2.97. The number of aromatic nitrogens is 1. The molecule has 0 radical (unpaired) electrons. The van der Waals surface area contributed by atoms with Gasteiger partial charge in [-0.15, -0.1) is 0 Å². The van der Waals surface area contributed by atoms with Crippen LogP contribution < -0.4 is 5.32 Å². The zero-order valence-electron chi connectivity index (χ0n) is 14.3. The maximum absolute atomic E-state index is 12.6. The zero-order chi connectivity index (χ0) is 17.9. The Hall–Kier alpha value is -2.63. The van der Waals surface area contributed by atoms with Crippen LogP contribution >= 0.6 is 0 Å². The molecule has 2 heterocycles. The molecule has 0 saturated carbocycles. The van der Waals surface area contributed by atoms with Crippen molar-refractivity contribution in [1.82, 2.24) is 10.3 Å². The second kappa shape index (κ2) is 7.29. The van der Waals surface area contributed by atoms with Crippen molar-refractivity contribution >= 4 is 11.9 Å². The number of aliphatic carboxylic acids is 1. The summed E-state index contributed by atoms with van der Waals surface area (Å²) in [7, 11) is 0. The van der Waals surface area contributed by atoms with Crippen molar-refractivity contribution in [3.05, 3.63) is 52.6 Å². The highest BCUT2D eigenvalue weighted by Crippen LogP contribution is 2.35. The van der Waals surface area contributed by atoms with Gasteiger partial charge in [-0.3, -0.25) is 4.98 Å². The fourth-order valence-corrected chi connectivity index (χ4v) is 2.97. The van der Waals surface area contributed by atoms with Crippen LogP contribution in [0.3, 0.4) is 0 Å². The molecule has 0 fully saturated rings. The van der Waals surface area contributed by atoms with E-state index in [0.717, 1.165) is 5.56 Å². The highest BCUT2D eigenvalue weighted by Gasteiger charge is 2.37. The van der Waals surface area contributed by atoms with Crippen molar-refractivity contribution in [2.45, 2.75) is 34.3 Å². The molecular weight excluding hydrogens is 308 g/mol. The Balaban J connectivity index is 2.27. The third-order valence-electron chi connectivity index (χ3n) is 4.04. The number of allylic oxidation sites excluding steroid dienone is 2. The van der Waals surface area contributed by atoms with E-state index < -0.39 is 17.9 Å². The van der Waals surface area contributed by atoms with Crippen molar-refractivity contribution in [2.75, 3.05) is 0 Å². The van der Waals surface area contributed by atoms with Crippen LogP contribution in [0.1, 0.15) is 33.3 Å². The lowest BCUT2D eigenvalue weighted by molar-refractivity contribution is -0.141. The number of ether oxygens (including phenoxy) is 1. The van der Waals surface area contributed by atoms with Gasteiger partial charge in [-0.05, 0) is 37.5 Å². The molecular formula is C18H22N2O4. The molecule has 6 heteroatoms. The van der Waals surface area contributed by atoms with Gasteiger partial charge in [-0.1, -0.05) is 13.8 Å². The second-order valence-corrected chi connectivity index (χ2v) is 6.16. The smallest absolute Gasteiger partial charge is 0.336 e. The first-order chi connectivity index (χ1) is 11.3. The first-order valence-corrected chi connectivity index (χ1v) is 7.80. The van der Waals surface area contributed by atoms with E-state index in [1.54, 1.807) is 38.4 Å². The van der Waals surface area contributed by atoms with Crippen molar-refractivity contribution in [3.63, 3.8) is 0 Å². The van der Waals surface area contributed by atoms with Gasteiger partial charge in [-0.25, -0.2) is 9.59 Å². The predicted molar refractivity (Wildman–Crippen MR) is 88.5 cm³/mol. The van der Waals surface area contributed by atoms with Crippen molar-refractivity contribution in [3.8, 4) is 0 Å². The molecule has 1 aromatic heterocycles. The summed E-state index contributed by atoms with van der Waals surface area (Å²) in [5, 5.41) is 12.5. The summed E-state index contributed by atoms with van der Waals surface area (Å²) in [6, 6.07) is 3.53. The third kappa shape index (κ3) is 3.64. The molecule has 1 aliphatic heterocycles. The van der Waals surface area contributed by atoms with Gasteiger partial charge in [0.1, 0.15) is 6.61 Å². The number of hydrogen-bond donors (Lipinski definition) is 2. The van der Waals surface area contributed by atoms with E-state index in [1.807, 2.05) is 13.8 Å². The maximum atomic E-state index is 12.6. The first kappa shape index (κ1) is 17.7. The minimum Gasteiger partial charge on any atom is -0.478 e. The molecule has 1 atom stereocenters. The number of nitrogens with one attached hydrogen (secondary N) is 1. The molecule has 0 saturated heterocycles. The summed E-state index contributed by atoms with van der Waals surface area (Å²) in [6.45, 7) is 7.39. The molecule has 0 aromatic carbocycles. The molecule has 1 aromatic rings. The summed E-state index contributed by atoms with van der Waals surface area (Å²) in [4.78, 5) is 28.2. The van der Waals surface area contributed by atoms with E-state index in [0.29, 0.717) is 17.0 Å². The second-order valence-electron chi connectivity index (χ2n) is 6.16. The van der Waals surface area contributed by atoms with Gasteiger partial charge in [-0.2, -0.15) is 0 Å². The van der Waals surface area contributed by atoms with Crippen molar-refractivity contribution in [2.24, 2.45) is 11.8 Å². The molecule has 2 N–H and O–H groups in total. The molecule has 1 unspecified atom stereocenters. The number of carboxylic acids is 1. The Bertz CT molecular complexity index is 705. The summed E-state index contributed by atoms with van der Waals surface area (Å²) >= 11 is 0.